The Morgan fingerprint density at radius 1 is 0.804 bits per heavy atom. The Bertz CT molecular complexity index is 3300. The van der Waals surface area contributed by atoms with E-state index >= 15 is 0 Å². The van der Waals surface area contributed by atoms with E-state index in [1.165, 1.54) is 44.2 Å². The molecule has 1 aromatic heterocycles. The summed E-state index contributed by atoms with van der Waals surface area (Å²) in [5.74, 6) is -15.2. The number of nitrogens with two attached hydrogens (primary N) is 2. The standard InChI is InChI=1S/C62H88N14O21/c1-6-9-10-11-12-13-14-15-16-17-42(97-62-52(86)50(84)41(80)27-96-62)51(85)61(95)71-34(8-3)53(87)74-46-29(4)68-56(90)38-24-36-48(67-28-66-36)32-22-31(18-20-39(32)78)23-37(73-60(94)47(30(5)77)75-59(46)93)57(91)70-33(7-2)54(88)76-49(40(79)25-44(64)82)58(92)65-26-45(83)69-35(55(89)72-38)19-21-43(63)81/h7-8,14-18,20,22,28-30,35,37-38,40-42,46-47,49-52,62,77-80,84-86H,6,9-13,19,21,23-27H2,1-5H3,(H2,63,81)(H2,64,82)(H,65,92)(H,66,67)(H,68,90)(H,69,83)(H,70,91)(H,71,95)(H,72,89)(H,73,94)(H,74,87)(H,75,93)(H,76,88)/b15-14+,17-16+,33-7-,34-8+/t29-,30?,35+,37-,38-,40-,41+,42+,46-,47+,49?,50-,51-,52-,62?/m0/s1. The van der Waals surface area contributed by atoms with Gasteiger partial charge in [0.05, 0.1) is 49.8 Å². The van der Waals surface area contributed by atoms with Gasteiger partial charge in [-0.3, -0.25) is 57.5 Å². The van der Waals surface area contributed by atoms with E-state index in [4.69, 9.17) is 20.9 Å². The number of carbonyl (C=O) groups is 12. The number of primary amides is 2. The summed E-state index contributed by atoms with van der Waals surface area (Å²) in [5.41, 5.74) is 9.41. The molecule has 4 bridgehead atoms. The van der Waals surface area contributed by atoms with E-state index < -0.39 is 225 Å². The first-order chi connectivity index (χ1) is 46.0. The highest BCUT2D eigenvalue weighted by Gasteiger charge is 2.43. The second-order valence-electron chi connectivity index (χ2n) is 23.3. The molecule has 5 rings (SSSR count). The molecular weight excluding hydrogens is 1280 g/mol. The number of aromatic nitrogens is 2. The Balaban J connectivity index is 1.63. The Labute approximate surface area is 556 Å². The van der Waals surface area contributed by atoms with E-state index in [2.05, 4.69) is 70.1 Å². The van der Waals surface area contributed by atoms with Gasteiger partial charge in [0.25, 0.3) is 17.7 Å². The van der Waals surface area contributed by atoms with Crippen molar-refractivity contribution in [2.75, 3.05) is 13.2 Å². The maximum Gasteiger partial charge on any atom is 0.268 e. The van der Waals surface area contributed by atoms with Crippen LogP contribution in [-0.4, -0.2) is 221 Å². The lowest BCUT2D eigenvalue weighted by atomic mass is 9.97. The first kappa shape index (κ1) is 78.2. The molecule has 3 unspecified atom stereocenters. The van der Waals surface area contributed by atoms with Crippen LogP contribution in [0.4, 0.5) is 0 Å². The van der Waals surface area contributed by atoms with Crippen LogP contribution in [0.3, 0.4) is 0 Å². The van der Waals surface area contributed by atoms with Crippen molar-refractivity contribution in [2.45, 2.75) is 197 Å². The number of benzene rings is 1. The lowest BCUT2D eigenvalue weighted by molar-refractivity contribution is -0.283. The summed E-state index contributed by atoms with van der Waals surface area (Å²) in [6.45, 7) is 5.26. The molecule has 2 aromatic rings. The lowest BCUT2D eigenvalue weighted by Crippen LogP contribution is -2.64. The molecule has 12 amide bonds. The van der Waals surface area contributed by atoms with Gasteiger partial charge in [-0.15, -0.1) is 0 Å². The third-order valence-electron chi connectivity index (χ3n) is 15.7. The third kappa shape index (κ3) is 23.1. The Morgan fingerprint density at radius 2 is 1.51 bits per heavy atom. The SMILES string of the molecule is C/C=C1\NC(=O)[C@@H]2Cc3ccc(O)c(c3)-c3nc[nH]c3C[C@H](NC(=O)[C@@H](CCC(N)=O)NC(=O)CNC(=O)C([C@@H](O)CC(N)=O)NC1=O)C(=O)N[C@@H](C)[C@H](NC(=O)/C(=C\C)NC(=O)[C@@H](O)[C@@H](/C=C/C=C/CCCCCCC)OC1OC[C@@H](O)[C@H](O)[C@@H]1O)C(=O)N[C@H](C(C)O)C(=O)N2. The fourth-order valence-electron chi connectivity index (χ4n) is 10.2. The van der Waals surface area contributed by atoms with Gasteiger partial charge in [0, 0.05) is 30.5 Å². The molecule has 1 saturated heterocycles. The summed E-state index contributed by atoms with van der Waals surface area (Å²) in [6, 6.07) is -9.64. The summed E-state index contributed by atoms with van der Waals surface area (Å²) < 4.78 is 11.1. The predicted octanol–water partition coefficient (Wildman–Crippen LogP) is -6.00. The van der Waals surface area contributed by atoms with Crippen molar-refractivity contribution in [3.8, 4) is 17.0 Å². The van der Waals surface area contributed by atoms with E-state index in [1.54, 1.807) is 6.08 Å². The largest absolute Gasteiger partial charge is 0.507 e. The molecule has 1 aromatic carbocycles. The van der Waals surface area contributed by atoms with Crippen LogP contribution >= 0.6 is 0 Å². The number of phenols is 1. The molecule has 35 nitrogen and oxygen atoms in total. The molecule has 22 N–H and O–H groups in total. The third-order valence-corrected chi connectivity index (χ3v) is 15.7. The van der Waals surface area contributed by atoms with Crippen molar-refractivity contribution in [3.05, 3.63) is 83.6 Å². The number of imidazole rings is 1. The van der Waals surface area contributed by atoms with Crippen LogP contribution in [0.5, 0.6) is 5.75 Å². The van der Waals surface area contributed by atoms with Crippen molar-refractivity contribution < 1.29 is 103 Å². The van der Waals surface area contributed by atoms with Crippen molar-refractivity contribution >= 4 is 70.9 Å². The molecule has 0 radical (unpaired) electrons. The van der Waals surface area contributed by atoms with Crippen LogP contribution < -0.4 is 64.6 Å². The van der Waals surface area contributed by atoms with Gasteiger partial charge in [0.2, 0.25) is 53.2 Å². The number of amides is 12. The molecule has 4 heterocycles. The summed E-state index contributed by atoms with van der Waals surface area (Å²) in [6.07, 6.45) is -3.03. The summed E-state index contributed by atoms with van der Waals surface area (Å²) in [7, 11) is 0. The minimum Gasteiger partial charge on any atom is -0.507 e. The fourth-order valence-corrected chi connectivity index (χ4v) is 10.2. The van der Waals surface area contributed by atoms with Crippen molar-refractivity contribution in [2.24, 2.45) is 11.5 Å². The zero-order valence-corrected chi connectivity index (χ0v) is 54.1. The van der Waals surface area contributed by atoms with Crippen LogP contribution in [-0.2, 0) is 79.8 Å². The van der Waals surface area contributed by atoms with Crippen LogP contribution in [0.1, 0.15) is 104 Å². The summed E-state index contributed by atoms with van der Waals surface area (Å²) >= 11 is 0. The number of hydrogen-bond acceptors (Lipinski definition) is 22. The highest BCUT2D eigenvalue weighted by atomic mass is 16.7. The number of rotatable bonds is 22. The van der Waals surface area contributed by atoms with Gasteiger partial charge in [0.1, 0.15) is 77.8 Å². The number of nitrogens with one attached hydrogen (secondary N) is 11. The van der Waals surface area contributed by atoms with E-state index in [1.807, 2.05) is 6.08 Å². The van der Waals surface area contributed by atoms with Gasteiger partial charge in [-0.05, 0) is 64.7 Å². The number of carbonyl (C=O) groups excluding carboxylic acids is 12. The zero-order valence-electron chi connectivity index (χ0n) is 54.1. The average Bonchev–Trinajstić information content (AvgIpc) is 1.80. The number of allylic oxidation sites excluding steroid dienone is 5. The molecule has 3 aliphatic rings. The van der Waals surface area contributed by atoms with Gasteiger partial charge >= 0.3 is 0 Å². The highest BCUT2D eigenvalue weighted by Crippen LogP contribution is 2.32. The van der Waals surface area contributed by atoms with Crippen LogP contribution in [0.15, 0.2) is 72.4 Å². The number of aromatic hydroxyl groups is 1. The number of phenolic OH excluding ortho intramolecular Hbond substituents is 1. The molecule has 0 aliphatic carbocycles. The molecule has 15 atom stereocenters. The van der Waals surface area contributed by atoms with Crippen LogP contribution in [0.2, 0.25) is 0 Å². The monoisotopic (exact) mass is 1360 g/mol. The number of nitrogens with zero attached hydrogens (tertiary/aromatic N) is 1. The lowest BCUT2D eigenvalue weighted by Gasteiger charge is -2.36. The first-order valence-electron chi connectivity index (χ1n) is 31.4. The average molecular weight is 1370 g/mol. The molecule has 532 valence electrons. The fraction of sp³-hybridized carbons (Fsp3) is 0.532. The smallest absolute Gasteiger partial charge is 0.268 e. The maximum absolute atomic E-state index is 15.0. The Hall–Kier alpha value is -9.49. The van der Waals surface area contributed by atoms with Crippen molar-refractivity contribution in [1.29, 1.82) is 0 Å². The van der Waals surface area contributed by atoms with E-state index in [0.717, 1.165) is 64.4 Å². The van der Waals surface area contributed by atoms with Gasteiger partial charge in [-0.1, -0.05) is 75.1 Å². The summed E-state index contributed by atoms with van der Waals surface area (Å²) in [5, 5.41) is 99.7. The second kappa shape index (κ2) is 37.7. The minimum atomic E-state index is -2.25. The van der Waals surface area contributed by atoms with Gasteiger partial charge < -0.3 is 115 Å². The second-order valence-corrected chi connectivity index (χ2v) is 23.3. The topological polar surface area (TPSA) is 566 Å². The molecule has 0 saturated carbocycles. The van der Waals surface area contributed by atoms with E-state index in [-0.39, 0.29) is 22.5 Å². The molecule has 3 aliphatic heterocycles. The van der Waals surface area contributed by atoms with E-state index in [0.29, 0.717) is 6.42 Å². The number of hydrogen-bond donors (Lipinski definition) is 20. The Morgan fingerprint density at radius 3 is 2.18 bits per heavy atom. The molecule has 35 heteroatoms. The predicted molar refractivity (Wildman–Crippen MR) is 339 cm³/mol. The number of unbranched alkanes of at least 4 members (excludes halogenated alkanes) is 5. The first-order valence-corrected chi connectivity index (χ1v) is 31.4. The number of aliphatic hydroxyl groups excluding tert-OH is 6. The number of aromatic amines is 1. The number of fused-ring (bicyclic) bond motifs is 2. The molecule has 0 spiro atoms. The molecule has 97 heavy (non-hydrogen) atoms. The molecule has 1 fully saturated rings. The van der Waals surface area contributed by atoms with E-state index in [9.17, 15) is 93.3 Å². The maximum atomic E-state index is 15.0. The van der Waals surface area contributed by atoms with Gasteiger partial charge in [0.15, 0.2) is 12.4 Å². The number of aliphatic hydroxyl groups is 6. The van der Waals surface area contributed by atoms with Gasteiger partial charge in [-0.25, -0.2) is 4.98 Å². The summed E-state index contributed by atoms with van der Waals surface area (Å²) in [4.78, 5) is 175. The van der Waals surface area contributed by atoms with Crippen molar-refractivity contribution in [3.63, 3.8) is 0 Å². The number of H-pyrrole nitrogens is 1. The zero-order chi connectivity index (χ0) is 71.8. The molecular formula is C62H88N14O21. The number of ether oxygens (including phenoxy) is 2. The normalized spacial score (nSPS) is 26.3. The van der Waals surface area contributed by atoms with Crippen molar-refractivity contribution in [1.82, 2.24) is 63.1 Å². The Kier molecular flexibility index (Phi) is 30.4. The quantitative estimate of drug-likeness (QED) is 0.0296. The van der Waals surface area contributed by atoms with Gasteiger partial charge in [-0.2, -0.15) is 0 Å². The highest BCUT2D eigenvalue weighted by molar-refractivity contribution is 6.04. The minimum absolute atomic E-state index is 0.00419. The van der Waals surface area contributed by atoms with Crippen LogP contribution in [0, 0.1) is 0 Å². The van der Waals surface area contributed by atoms with Crippen LogP contribution in [0.25, 0.3) is 11.3 Å².